The molecule has 0 radical (unpaired) electrons. The molecule has 0 spiro atoms. The Morgan fingerprint density at radius 1 is 1.09 bits per heavy atom. The molecule has 23 heavy (non-hydrogen) atoms. The maximum absolute atomic E-state index is 4.50. The van der Waals surface area contributed by atoms with Crippen molar-refractivity contribution < 1.29 is 0 Å². The molecular weight excluding hydrogens is 282 g/mol. The number of hydrogen-bond acceptors (Lipinski definition) is 1. The summed E-state index contributed by atoms with van der Waals surface area (Å²) in [4.78, 5) is 6.87. The summed E-state index contributed by atoms with van der Waals surface area (Å²) in [5.41, 5.74) is 5.91. The lowest BCUT2D eigenvalue weighted by molar-refractivity contribution is 0.376. The van der Waals surface area contributed by atoms with Crippen LogP contribution < -0.4 is 5.32 Å². The molecule has 1 N–H and O–H groups in total. The monoisotopic (exact) mass is 305 g/mol. The fourth-order valence-corrected chi connectivity index (χ4v) is 3.77. The first kappa shape index (κ1) is 14.3. The van der Waals surface area contributed by atoms with Gasteiger partial charge in [0.05, 0.1) is 0 Å². The van der Waals surface area contributed by atoms with Gasteiger partial charge in [0, 0.05) is 32.6 Å². The lowest BCUT2D eigenvalue weighted by Crippen LogP contribution is -2.46. The smallest absolute Gasteiger partial charge is 0.193 e. The van der Waals surface area contributed by atoms with Crippen LogP contribution in [0.2, 0.25) is 0 Å². The van der Waals surface area contributed by atoms with Gasteiger partial charge in [0.25, 0.3) is 0 Å². The predicted octanol–water partition coefficient (Wildman–Crippen LogP) is 2.96. The van der Waals surface area contributed by atoms with Gasteiger partial charge in [-0.05, 0) is 35.1 Å². The molecule has 2 aromatic carbocycles. The van der Waals surface area contributed by atoms with Gasteiger partial charge in [0.1, 0.15) is 0 Å². The number of nitrogens with one attached hydrogen (secondary N) is 1. The van der Waals surface area contributed by atoms with E-state index in [9.17, 15) is 0 Å². The van der Waals surface area contributed by atoms with Crippen molar-refractivity contribution in [2.45, 2.75) is 25.3 Å². The van der Waals surface area contributed by atoms with Crippen molar-refractivity contribution in [1.82, 2.24) is 10.2 Å². The van der Waals surface area contributed by atoms with Crippen LogP contribution >= 0.6 is 0 Å². The molecule has 2 aliphatic rings. The van der Waals surface area contributed by atoms with E-state index in [4.69, 9.17) is 0 Å². The minimum atomic E-state index is 0.625. The Kier molecular flexibility index (Phi) is 3.78. The van der Waals surface area contributed by atoms with E-state index in [0.717, 1.165) is 32.0 Å². The summed E-state index contributed by atoms with van der Waals surface area (Å²) in [5.74, 6) is 1.66. The number of rotatable bonds is 2. The second-order valence-corrected chi connectivity index (χ2v) is 6.47. The second-order valence-electron chi connectivity index (χ2n) is 6.47. The molecule has 0 saturated heterocycles. The highest BCUT2D eigenvalue weighted by molar-refractivity contribution is 5.80. The van der Waals surface area contributed by atoms with E-state index in [2.05, 4.69) is 63.7 Å². The Morgan fingerprint density at radius 3 is 2.61 bits per heavy atom. The normalized spacial score (nSPS) is 19.6. The minimum Gasteiger partial charge on any atom is -0.356 e. The topological polar surface area (TPSA) is 27.6 Å². The van der Waals surface area contributed by atoms with Gasteiger partial charge in [0.2, 0.25) is 0 Å². The van der Waals surface area contributed by atoms with E-state index < -0.39 is 0 Å². The summed E-state index contributed by atoms with van der Waals surface area (Å²) in [5, 5.41) is 3.59. The van der Waals surface area contributed by atoms with Gasteiger partial charge in [-0.15, -0.1) is 0 Å². The molecule has 118 valence electrons. The van der Waals surface area contributed by atoms with Gasteiger partial charge in [-0.1, -0.05) is 48.5 Å². The molecule has 0 amide bonds. The highest BCUT2D eigenvalue weighted by Crippen LogP contribution is 2.34. The van der Waals surface area contributed by atoms with Crippen molar-refractivity contribution in [3.05, 3.63) is 70.8 Å². The highest BCUT2D eigenvalue weighted by Gasteiger charge is 2.26. The maximum Gasteiger partial charge on any atom is 0.193 e. The van der Waals surface area contributed by atoms with Crippen molar-refractivity contribution >= 4 is 5.96 Å². The third-order valence-electron chi connectivity index (χ3n) is 5.11. The number of fused-ring (bicyclic) bond motifs is 2. The molecule has 0 aromatic heterocycles. The van der Waals surface area contributed by atoms with Crippen LogP contribution in [-0.4, -0.2) is 31.0 Å². The number of nitrogens with zero attached hydrogens (tertiary/aromatic N) is 2. The van der Waals surface area contributed by atoms with E-state index >= 15 is 0 Å². The Balaban J connectivity index is 1.39. The maximum atomic E-state index is 4.50. The van der Waals surface area contributed by atoms with Gasteiger partial charge >= 0.3 is 0 Å². The van der Waals surface area contributed by atoms with Crippen LogP contribution in [0, 0.1) is 0 Å². The Morgan fingerprint density at radius 2 is 1.83 bits per heavy atom. The quantitative estimate of drug-likeness (QED) is 0.682. The molecule has 0 saturated carbocycles. The van der Waals surface area contributed by atoms with Gasteiger partial charge in [-0.2, -0.15) is 0 Å². The lowest BCUT2D eigenvalue weighted by atomic mass is 9.78. The molecule has 4 rings (SSSR count). The van der Waals surface area contributed by atoms with Gasteiger partial charge in [0.15, 0.2) is 5.96 Å². The molecule has 1 atom stereocenters. The molecule has 1 aliphatic heterocycles. The van der Waals surface area contributed by atoms with Gasteiger partial charge < -0.3 is 10.2 Å². The number of aliphatic imine (C=N–C) groups is 1. The standard InChI is InChI=1S/C20H23N3/c1-21-20(22-13-18-12-16-7-4-5-9-19(16)18)23-11-10-15-6-2-3-8-17(15)14-23/h2-9,18H,10-14H2,1H3,(H,21,22). The zero-order valence-electron chi connectivity index (χ0n) is 13.6. The molecule has 2 aromatic rings. The van der Waals surface area contributed by atoms with E-state index in [1.54, 1.807) is 0 Å². The van der Waals surface area contributed by atoms with Crippen LogP contribution in [0.15, 0.2) is 53.5 Å². The third kappa shape index (κ3) is 2.72. The molecule has 3 nitrogen and oxygen atoms in total. The molecule has 1 unspecified atom stereocenters. The number of guanidine groups is 1. The summed E-state index contributed by atoms with van der Waals surface area (Å²) in [6, 6.07) is 17.5. The van der Waals surface area contributed by atoms with Crippen molar-refractivity contribution in [3.8, 4) is 0 Å². The van der Waals surface area contributed by atoms with Crippen LogP contribution in [-0.2, 0) is 19.4 Å². The van der Waals surface area contributed by atoms with E-state index in [-0.39, 0.29) is 0 Å². The Hall–Kier alpha value is -2.29. The molecule has 1 heterocycles. The minimum absolute atomic E-state index is 0.625. The fourth-order valence-electron chi connectivity index (χ4n) is 3.77. The largest absolute Gasteiger partial charge is 0.356 e. The van der Waals surface area contributed by atoms with Crippen molar-refractivity contribution in [3.63, 3.8) is 0 Å². The lowest BCUT2D eigenvalue weighted by Gasteiger charge is -2.34. The van der Waals surface area contributed by atoms with E-state index in [1.807, 2.05) is 7.05 Å². The average Bonchev–Trinajstić information content (AvgIpc) is 2.59. The molecule has 0 bridgehead atoms. The first-order valence-electron chi connectivity index (χ1n) is 8.45. The number of benzene rings is 2. The van der Waals surface area contributed by atoms with Crippen LogP contribution in [0.3, 0.4) is 0 Å². The Labute approximate surface area is 138 Å². The third-order valence-corrected chi connectivity index (χ3v) is 5.11. The summed E-state index contributed by atoms with van der Waals surface area (Å²) < 4.78 is 0. The van der Waals surface area contributed by atoms with Crippen molar-refractivity contribution in [2.75, 3.05) is 20.1 Å². The van der Waals surface area contributed by atoms with Crippen LogP contribution in [0.5, 0.6) is 0 Å². The first-order chi connectivity index (χ1) is 11.3. The van der Waals surface area contributed by atoms with Crippen LogP contribution in [0.4, 0.5) is 0 Å². The first-order valence-corrected chi connectivity index (χ1v) is 8.45. The molecular formula is C20H23N3. The zero-order chi connectivity index (χ0) is 15.6. The van der Waals surface area contributed by atoms with Crippen molar-refractivity contribution in [1.29, 1.82) is 0 Å². The summed E-state index contributed by atoms with van der Waals surface area (Å²) >= 11 is 0. The summed E-state index contributed by atoms with van der Waals surface area (Å²) in [6.45, 7) is 2.97. The van der Waals surface area contributed by atoms with Gasteiger partial charge in [-0.3, -0.25) is 4.99 Å². The Bertz CT molecular complexity index is 735. The molecule has 3 heteroatoms. The van der Waals surface area contributed by atoms with E-state index in [0.29, 0.717) is 5.92 Å². The second kappa shape index (κ2) is 6.07. The molecule has 1 aliphatic carbocycles. The van der Waals surface area contributed by atoms with Crippen molar-refractivity contribution in [2.24, 2.45) is 4.99 Å². The highest BCUT2D eigenvalue weighted by atomic mass is 15.3. The zero-order valence-corrected chi connectivity index (χ0v) is 13.6. The molecule has 0 fully saturated rings. The number of hydrogen-bond donors (Lipinski definition) is 1. The van der Waals surface area contributed by atoms with Crippen LogP contribution in [0.1, 0.15) is 28.2 Å². The predicted molar refractivity (Wildman–Crippen MR) is 94.8 cm³/mol. The van der Waals surface area contributed by atoms with Gasteiger partial charge in [-0.25, -0.2) is 0 Å². The SMILES string of the molecule is CN=C(NCC1Cc2ccccc21)N1CCc2ccccc2C1. The summed E-state index contributed by atoms with van der Waals surface area (Å²) in [6.07, 6.45) is 2.28. The van der Waals surface area contributed by atoms with Crippen LogP contribution in [0.25, 0.3) is 0 Å². The summed E-state index contributed by atoms with van der Waals surface area (Å²) in [7, 11) is 1.89. The van der Waals surface area contributed by atoms with E-state index in [1.165, 1.54) is 28.7 Å². The fraction of sp³-hybridized carbons (Fsp3) is 0.350. The average molecular weight is 305 g/mol.